The van der Waals surface area contributed by atoms with Gasteiger partial charge in [0.15, 0.2) is 6.10 Å². The highest BCUT2D eigenvalue weighted by Gasteiger charge is 2.21. The molecular weight excluding hydrogens is 288 g/mol. The maximum atomic E-state index is 11.6. The van der Waals surface area contributed by atoms with Crippen LogP contribution >= 0.6 is 0 Å². The smallest absolute Gasteiger partial charge is 0.345 e. The van der Waals surface area contributed by atoms with Gasteiger partial charge in [0.25, 0.3) is 0 Å². The molecule has 23 heavy (non-hydrogen) atoms. The van der Waals surface area contributed by atoms with Crippen LogP contribution < -0.4 is 4.74 Å². The summed E-state index contributed by atoms with van der Waals surface area (Å²) in [5.74, 6) is -0.387. The molecule has 3 rings (SSSR count). The lowest BCUT2D eigenvalue weighted by Crippen LogP contribution is -2.29. The van der Waals surface area contributed by atoms with Gasteiger partial charge in [0, 0.05) is 6.42 Å². The van der Waals surface area contributed by atoms with E-state index in [4.69, 9.17) is 4.74 Å². The van der Waals surface area contributed by atoms with Crippen molar-refractivity contribution in [1.82, 2.24) is 0 Å². The van der Waals surface area contributed by atoms with Crippen LogP contribution in [0.5, 0.6) is 5.75 Å². The van der Waals surface area contributed by atoms with Crippen LogP contribution in [0.2, 0.25) is 0 Å². The second kappa shape index (κ2) is 6.53. The van der Waals surface area contributed by atoms with E-state index >= 15 is 0 Å². The molecule has 0 aromatic heterocycles. The van der Waals surface area contributed by atoms with E-state index in [9.17, 15) is 9.90 Å². The molecule has 0 spiro atoms. The molecule has 0 aliphatic carbocycles. The van der Waals surface area contributed by atoms with Crippen LogP contribution in [-0.4, -0.2) is 17.2 Å². The predicted molar refractivity (Wildman–Crippen MR) is 90.9 cm³/mol. The van der Waals surface area contributed by atoms with Gasteiger partial charge in [0.2, 0.25) is 0 Å². The molecule has 116 valence electrons. The highest BCUT2D eigenvalue weighted by Crippen LogP contribution is 2.22. The Morgan fingerprint density at radius 2 is 1.70 bits per heavy atom. The lowest BCUT2D eigenvalue weighted by atomic mass is 10.00. The zero-order valence-corrected chi connectivity index (χ0v) is 12.9. The SMILES string of the molecule is Cc1ccc(O[C@H](Cc2cccc3ccccc23)C(=O)O)cc1. The van der Waals surface area contributed by atoms with Gasteiger partial charge in [0.05, 0.1) is 0 Å². The summed E-state index contributed by atoms with van der Waals surface area (Å²) in [7, 11) is 0. The molecule has 0 aliphatic heterocycles. The minimum absolute atomic E-state index is 0.324. The fourth-order valence-corrected chi connectivity index (χ4v) is 2.63. The number of ether oxygens (including phenoxy) is 1. The minimum Gasteiger partial charge on any atom is -0.478 e. The van der Waals surface area contributed by atoms with E-state index in [2.05, 4.69) is 0 Å². The van der Waals surface area contributed by atoms with Crippen molar-refractivity contribution in [2.45, 2.75) is 19.4 Å². The number of fused-ring (bicyclic) bond motifs is 1. The van der Waals surface area contributed by atoms with E-state index in [1.165, 1.54) is 0 Å². The number of benzene rings is 3. The Hall–Kier alpha value is -2.81. The molecule has 0 amide bonds. The lowest BCUT2D eigenvalue weighted by molar-refractivity contribution is -0.145. The molecular formula is C20H18O3. The zero-order valence-electron chi connectivity index (χ0n) is 12.9. The summed E-state index contributed by atoms with van der Waals surface area (Å²) in [5, 5.41) is 11.7. The number of hydrogen-bond acceptors (Lipinski definition) is 2. The maximum Gasteiger partial charge on any atom is 0.345 e. The third-order valence-electron chi connectivity index (χ3n) is 3.86. The minimum atomic E-state index is -0.960. The van der Waals surface area contributed by atoms with Crippen LogP contribution in [0.25, 0.3) is 10.8 Å². The van der Waals surface area contributed by atoms with Gasteiger partial charge in [-0.3, -0.25) is 0 Å². The second-order valence-electron chi connectivity index (χ2n) is 5.60. The van der Waals surface area contributed by atoms with Gasteiger partial charge in [-0.2, -0.15) is 0 Å². The summed E-state index contributed by atoms with van der Waals surface area (Å²) >= 11 is 0. The quantitative estimate of drug-likeness (QED) is 0.767. The van der Waals surface area contributed by atoms with Crippen molar-refractivity contribution in [3.8, 4) is 5.75 Å². The van der Waals surface area contributed by atoms with E-state index in [-0.39, 0.29) is 0 Å². The van der Waals surface area contributed by atoms with Crippen molar-refractivity contribution in [3.63, 3.8) is 0 Å². The Balaban J connectivity index is 1.87. The van der Waals surface area contributed by atoms with Crippen molar-refractivity contribution >= 4 is 16.7 Å². The summed E-state index contributed by atoms with van der Waals surface area (Å²) in [5.41, 5.74) is 2.08. The lowest BCUT2D eigenvalue weighted by Gasteiger charge is -2.16. The van der Waals surface area contributed by atoms with E-state index < -0.39 is 12.1 Å². The fraction of sp³-hybridized carbons (Fsp3) is 0.150. The van der Waals surface area contributed by atoms with Crippen LogP contribution in [0.4, 0.5) is 0 Å². The first-order chi connectivity index (χ1) is 11.1. The molecule has 0 aliphatic rings. The monoisotopic (exact) mass is 306 g/mol. The number of carboxylic acid groups (broad SMARTS) is 1. The van der Waals surface area contributed by atoms with E-state index in [0.717, 1.165) is 21.9 Å². The number of hydrogen-bond donors (Lipinski definition) is 1. The van der Waals surface area contributed by atoms with Gasteiger partial charge < -0.3 is 9.84 Å². The Kier molecular flexibility index (Phi) is 4.29. The van der Waals surface area contributed by atoms with Crippen LogP contribution in [0.15, 0.2) is 66.7 Å². The van der Waals surface area contributed by atoms with Crippen LogP contribution in [0, 0.1) is 6.92 Å². The highest BCUT2D eigenvalue weighted by atomic mass is 16.5. The van der Waals surface area contributed by atoms with E-state index in [0.29, 0.717) is 12.2 Å². The first kappa shape index (κ1) is 15.1. The number of carboxylic acids is 1. The number of rotatable bonds is 5. The Bertz CT molecular complexity index is 816. The Morgan fingerprint density at radius 3 is 2.43 bits per heavy atom. The average molecular weight is 306 g/mol. The summed E-state index contributed by atoms with van der Waals surface area (Å²) in [6.07, 6.45) is -0.589. The molecule has 0 heterocycles. The topological polar surface area (TPSA) is 46.5 Å². The molecule has 0 saturated carbocycles. The van der Waals surface area contributed by atoms with Gasteiger partial charge >= 0.3 is 5.97 Å². The van der Waals surface area contributed by atoms with Gasteiger partial charge in [-0.1, -0.05) is 60.2 Å². The van der Waals surface area contributed by atoms with Crippen molar-refractivity contribution in [3.05, 3.63) is 77.9 Å². The summed E-state index contributed by atoms with van der Waals surface area (Å²) < 4.78 is 5.68. The standard InChI is InChI=1S/C20H18O3/c1-14-9-11-17(12-10-14)23-19(20(21)22)13-16-7-4-6-15-5-2-3-8-18(15)16/h2-12,19H,13H2,1H3,(H,21,22)/t19-/m1/s1. The van der Waals surface area contributed by atoms with Gasteiger partial charge in [-0.05, 0) is 35.4 Å². The summed E-state index contributed by atoms with van der Waals surface area (Å²) in [4.78, 5) is 11.6. The largest absolute Gasteiger partial charge is 0.478 e. The molecule has 3 heteroatoms. The molecule has 0 radical (unpaired) electrons. The van der Waals surface area contributed by atoms with Crippen molar-refractivity contribution in [1.29, 1.82) is 0 Å². The number of aryl methyl sites for hydroxylation is 1. The first-order valence-corrected chi connectivity index (χ1v) is 7.56. The van der Waals surface area contributed by atoms with E-state index in [1.807, 2.05) is 61.5 Å². The van der Waals surface area contributed by atoms with Gasteiger partial charge in [-0.25, -0.2) is 4.79 Å². The summed E-state index contributed by atoms with van der Waals surface area (Å²) in [6.45, 7) is 1.98. The molecule has 1 N–H and O–H groups in total. The van der Waals surface area contributed by atoms with Crippen LogP contribution in [-0.2, 0) is 11.2 Å². The fourth-order valence-electron chi connectivity index (χ4n) is 2.63. The molecule has 3 nitrogen and oxygen atoms in total. The maximum absolute atomic E-state index is 11.6. The number of aliphatic carboxylic acids is 1. The normalized spacial score (nSPS) is 12.0. The Morgan fingerprint density at radius 1 is 1.00 bits per heavy atom. The summed E-state index contributed by atoms with van der Waals surface area (Å²) in [6, 6.07) is 21.3. The van der Waals surface area contributed by atoms with Crippen molar-refractivity contribution < 1.29 is 14.6 Å². The zero-order chi connectivity index (χ0) is 16.2. The van der Waals surface area contributed by atoms with Crippen LogP contribution in [0.1, 0.15) is 11.1 Å². The molecule has 3 aromatic rings. The van der Waals surface area contributed by atoms with Crippen LogP contribution in [0.3, 0.4) is 0 Å². The van der Waals surface area contributed by atoms with Gasteiger partial charge in [-0.15, -0.1) is 0 Å². The average Bonchev–Trinajstić information content (AvgIpc) is 2.56. The third-order valence-corrected chi connectivity index (χ3v) is 3.86. The Labute approximate surface area is 135 Å². The van der Waals surface area contributed by atoms with Crippen molar-refractivity contribution in [2.75, 3.05) is 0 Å². The second-order valence-corrected chi connectivity index (χ2v) is 5.60. The molecule has 0 saturated heterocycles. The molecule has 0 unspecified atom stereocenters. The van der Waals surface area contributed by atoms with Gasteiger partial charge in [0.1, 0.15) is 5.75 Å². The molecule has 0 fully saturated rings. The van der Waals surface area contributed by atoms with Crippen molar-refractivity contribution in [2.24, 2.45) is 0 Å². The third kappa shape index (κ3) is 3.51. The number of carbonyl (C=O) groups is 1. The molecule has 3 aromatic carbocycles. The van der Waals surface area contributed by atoms with E-state index in [1.54, 1.807) is 12.1 Å². The molecule has 0 bridgehead atoms. The first-order valence-electron chi connectivity index (χ1n) is 7.56. The molecule has 1 atom stereocenters. The highest BCUT2D eigenvalue weighted by molar-refractivity contribution is 5.86. The predicted octanol–water partition coefficient (Wildman–Crippen LogP) is 4.22.